The van der Waals surface area contributed by atoms with Crippen LogP contribution in [0.15, 0.2) is 24.3 Å². The first-order valence-corrected chi connectivity index (χ1v) is 6.29. The smallest absolute Gasteiger partial charge is 0.312 e. The molecule has 0 saturated carbocycles. The Kier molecular flexibility index (Phi) is 4.02. The molecule has 7 nitrogen and oxygen atoms in total. The van der Waals surface area contributed by atoms with Gasteiger partial charge in [-0.2, -0.15) is 5.10 Å². The number of carbonyl (C=O) groups excluding carboxylic acids is 1. The zero-order valence-electron chi connectivity index (χ0n) is 12.0. The van der Waals surface area contributed by atoms with Gasteiger partial charge in [-0.25, -0.2) is 0 Å². The van der Waals surface area contributed by atoms with E-state index in [2.05, 4.69) is 5.10 Å². The van der Waals surface area contributed by atoms with Crippen LogP contribution in [0.1, 0.15) is 21.7 Å². The van der Waals surface area contributed by atoms with E-state index in [1.807, 2.05) is 0 Å². The summed E-state index contributed by atoms with van der Waals surface area (Å²) in [6, 6.07) is 6.76. The largest absolute Gasteiger partial charge is 0.497 e. The molecular weight excluding hydrogens is 274 g/mol. The van der Waals surface area contributed by atoms with Crippen molar-refractivity contribution in [3.8, 4) is 5.75 Å². The van der Waals surface area contributed by atoms with Gasteiger partial charge >= 0.3 is 5.69 Å². The van der Waals surface area contributed by atoms with E-state index in [0.717, 1.165) is 0 Å². The summed E-state index contributed by atoms with van der Waals surface area (Å²) in [7, 11) is 1.52. The second-order valence-electron chi connectivity index (χ2n) is 4.59. The Hall–Kier alpha value is -2.70. The molecule has 0 radical (unpaired) electrons. The molecular formula is C14H15N3O4. The average molecular weight is 289 g/mol. The highest BCUT2D eigenvalue weighted by molar-refractivity contribution is 5.96. The Morgan fingerprint density at radius 2 is 2.14 bits per heavy atom. The molecule has 110 valence electrons. The molecule has 21 heavy (non-hydrogen) atoms. The normalized spacial score (nSPS) is 10.4. The zero-order valence-corrected chi connectivity index (χ0v) is 12.0. The SMILES string of the molecule is COc1cccc(C(=O)Cn2nc(C)c([N+](=O)[O-])c2C)c1. The number of ether oxygens (including phenoxy) is 1. The van der Waals surface area contributed by atoms with Gasteiger partial charge in [0.2, 0.25) is 0 Å². The quantitative estimate of drug-likeness (QED) is 0.479. The summed E-state index contributed by atoms with van der Waals surface area (Å²) in [6.45, 7) is 3.09. The lowest BCUT2D eigenvalue weighted by molar-refractivity contribution is -0.386. The minimum absolute atomic E-state index is 0.0477. The fourth-order valence-corrected chi connectivity index (χ4v) is 2.13. The van der Waals surface area contributed by atoms with Gasteiger partial charge < -0.3 is 4.74 Å². The highest BCUT2D eigenvalue weighted by Gasteiger charge is 2.23. The van der Waals surface area contributed by atoms with Crippen LogP contribution in [-0.2, 0) is 6.54 Å². The van der Waals surface area contributed by atoms with E-state index in [0.29, 0.717) is 22.7 Å². The lowest BCUT2D eigenvalue weighted by atomic mass is 10.1. The number of hydrogen-bond acceptors (Lipinski definition) is 5. The third-order valence-electron chi connectivity index (χ3n) is 3.21. The summed E-state index contributed by atoms with van der Waals surface area (Å²) in [5.41, 5.74) is 1.10. The van der Waals surface area contributed by atoms with Gasteiger partial charge in [0.1, 0.15) is 23.7 Å². The molecule has 1 aromatic heterocycles. The van der Waals surface area contributed by atoms with Crippen molar-refractivity contribution >= 4 is 11.5 Å². The Labute approximate surface area is 121 Å². The van der Waals surface area contributed by atoms with Gasteiger partial charge in [-0.3, -0.25) is 19.6 Å². The number of aromatic nitrogens is 2. The maximum Gasteiger partial charge on any atom is 0.312 e. The minimum atomic E-state index is -0.482. The van der Waals surface area contributed by atoms with Crippen molar-refractivity contribution in [2.24, 2.45) is 0 Å². The van der Waals surface area contributed by atoms with E-state index in [1.165, 1.54) is 11.8 Å². The fourth-order valence-electron chi connectivity index (χ4n) is 2.13. The fraction of sp³-hybridized carbons (Fsp3) is 0.286. The van der Waals surface area contributed by atoms with Gasteiger partial charge in [-0.05, 0) is 26.0 Å². The molecule has 0 unspecified atom stereocenters. The van der Waals surface area contributed by atoms with Crippen LogP contribution in [0.2, 0.25) is 0 Å². The van der Waals surface area contributed by atoms with Crippen molar-refractivity contribution in [3.63, 3.8) is 0 Å². The van der Waals surface area contributed by atoms with E-state index >= 15 is 0 Å². The molecule has 0 saturated heterocycles. The van der Waals surface area contributed by atoms with Gasteiger partial charge in [0.05, 0.1) is 12.0 Å². The number of nitro groups is 1. The molecule has 0 bridgehead atoms. The highest BCUT2D eigenvalue weighted by atomic mass is 16.6. The summed E-state index contributed by atoms with van der Waals surface area (Å²) < 4.78 is 6.43. The molecule has 2 aromatic rings. The zero-order chi connectivity index (χ0) is 15.6. The third-order valence-corrected chi connectivity index (χ3v) is 3.21. The van der Waals surface area contributed by atoms with Crippen molar-refractivity contribution in [2.75, 3.05) is 7.11 Å². The second-order valence-corrected chi connectivity index (χ2v) is 4.59. The van der Waals surface area contributed by atoms with Crippen LogP contribution >= 0.6 is 0 Å². The van der Waals surface area contributed by atoms with Crippen LogP contribution < -0.4 is 4.74 Å². The van der Waals surface area contributed by atoms with Crippen LogP contribution in [0.25, 0.3) is 0 Å². The van der Waals surface area contributed by atoms with Gasteiger partial charge in [-0.1, -0.05) is 12.1 Å². The molecule has 1 heterocycles. The van der Waals surface area contributed by atoms with Crippen molar-refractivity contribution in [1.29, 1.82) is 0 Å². The maximum atomic E-state index is 12.2. The van der Waals surface area contributed by atoms with E-state index in [4.69, 9.17) is 4.74 Å². The first-order valence-electron chi connectivity index (χ1n) is 6.29. The number of methoxy groups -OCH3 is 1. The van der Waals surface area contributed by atoms with Gasteiger partial charge in [0, 0.05) is 5.56 Å². The maximum absolute atomic E-state index is 12.2. The van der Waals surface area contributed by atoms with E-state index < -0.39 is 4.92 Å². The Bertz CT molecular complexity index is 706. The van der Waals surface area contributed by atoms with E-state index in [9.17, 15) is 14.9 Å². The molecule has 0 N–H and O–H groups in total. The van der Waals surface area contributed by atoms with Crippen molar-refractivity contribution in [1.82, 2.24) is 9.78 Å². The highest BCUT2D eigenvalue weighted by Crippen LogP contribution is 2.22. The van der Waals surface area contributed by atoms with Crippen LogP contribution in [0.3, 0.4) is 0 Å². The first kappa shape index (κ1) is 14.7. The number of carbonyl (C=O) groups is 1. The predicted molar refractivity (Wildman–Crippen MR) is 75.7 cm³/mol. The summed E-state index contributed by atoms with van der Waals surface area (Å²) >= 11 is 0. The number of nitrogens with zero attached hydrogens (tertiary/aromatic N) is 3. The van der Waals surface area contributed by atoms with Crippen LogP contribution in [-0.4, -0.2) is 27.6 Å². The molecule has 0 aliphatic heterocycles. The molecule has 2 rings (SSSR count). The number of ketones is 1. The topological polar surface area (TPSA) is 87.3 Å². The molecule has 0 aliphatic carbocycles. The monoisotopic (exact) mass is 289 g/mol. The lowest BCUT2D eigenvalue weighted by Gasteiger charge is -2.05. The van der Waals surface area contributed by atoms with Crippen molar-refractivity contribution in [2.45, 2.75) is 20.4 Å². The van der Waals surface area contributed by atoms with Crippen LogP contribution in [0.5, 0.6) is 5.75 Å². The summed E-state index contributed by atoms with van der Waals surface area (Å²) in [5, 5.41) is 15.0. The van der Waals surface area contributed by atoms with E-state index in [1.54, 1.807) is 38.1 Å². The third kappa shape index (κ3) is 2.91. The van der Waals surface area contributed by atoms with Crippen LogP contribution in [0, 0.1) is 24.0 Å². The summed E-state index contributed by atoms with van der Waals surface area (Å²) in [4.78, 5) is 22.7. The van der Waals surface area contributed by atoms with Crippen molar-refractivity contribution in [3.05, 3.63) is 51.3 Å². The average Bonchev–Trinajstić information content (AvgIpc) is 2.73. The van der Waals surface area contributed by atoms with Crippen LogP contribution in [0.4, 0.5) is 5.69 Å². The first-order chi connectivity index (χ1) is 9.93. The van der Waals surface area contributed by atoms with Gasteiger partial charge in [0.15, 0.2) is 5.78 Å². The summed E-state index contributed by atoms with van der Waals surface area (Å²) in [6.07, 6.45) is 0. The minimum Gasteiger partial charge on any atom is -0.497 e. The van der Waals surface area contributed by atoms with Crippen molar-refractivity contribution < 1.29 is 14.5 Å². The number of aryl methyl sites for hydroxylation is 1. The molecule has 0 spiro atoms. The lowest BCUT2D eigenvalue weighted by Crippen LogP contribution is -2.13. The molecule has 0 amide bonds. The number of Topliss-reactive ketones (excluding diaryl/α,β-unsaturated/α-hetero) is 1. The number of benzene rings is 1. The Morgan fingerprint density at radius 1 is 1.43 bits per heavy atom. The predicted octanol–water partition coefficient (Wildman–Crippen LogP) is 2.30. The number of rotatable bonds is 5. The second kappa shape index (κ2) is 5.74. The molecule has 7 heteroatoms. The Morgan fingerprint density at radius 3 is 2.71 bits per heavy atom. The molecule has 0 fully saturated rings. The standard InChI is InChI=1S/C14H15N3O4/c1-9-14(17(19)20)10(2)16(15-9)8-13(18)11-5-4-6-12(7-11)21-3/h4-7H,8H2,1-3H3. The molecule has 1 aromatic carbocycles. The molecule has 0 atom stereocenters. The van der Waals surface area contributed by atoms with E-state index in [-0.39, 0.29) is 18.0 Å². The Balaban J connectivity index is 2.27. The number of hydrogen-bond donors (Lipinski definition) is 0. The van der Waals surface area contributed by atoms with Gasteiger partial charge in [0.25, 0.3) is 0 Å². The van der Waals surface area contributed by atoms with Gasteiger partial charge in [-0.15, -0.1) is 0 Å². The summed E-state index contributed by atoms with van der Waals surface area (Å²) in [5.74, 6) is 0.398. The molecule has 0 aliphatic rings.